The highest BCUT2D eigenvalue weighted by molar-refractivity contribution is 5.86. The van der Waals surface area contributed by atoms with E-state index in [9.17, 15) is 4.79 Å². The number of fused-ring (bicyclic) bond motifs is 3. The molecular weight excluding hydrogens is 222 g/mol. The maximum absolute atomic E-state index is 10.9. The Bertz CT molecular complexity index is 612. The number of nitrogens with two attached hydrogens (primary N) is 1. The van der Waals surface area contributed by atoms with Crippen LogP contribution in [0.15, 0.2) is 16.8 Å². The molecule has 2 aromatic rings. The minimum Gasteiger partial charge on any atom is -0.475 e. The Morgan fingerprint density at radius 1 is 1.71 bits per heavy atom. The van der Waals surface area contributed by atoms with Gasteiger partial charge in [-0.2, -0.15) is 0 Å². The number of carboxylic acids is 1. The summed E-state index contributed by atoms with van der Waals surface area (Å²) in [5.74, 6) is -0.704. The minimum absolute atomic E-state index is 0.0936. The van der Waals surface area contributed by atoms with Gasteiger partial charge in [0, 0.05) is 25.1 Å². The summed E-state index contributed by atoms with van der Waals surface area (Å²) in [6, 6.07) is 1.24. The van der Waals surface area contributed by atoms with Gasteiger partial charge in [0.05, 0.1) is 12.0 Å². The van der Waals surface area contributed by atoms with Crippen LogP contribution in [0.2, 0.25) is 0 Å². The molecule has 0 fully saturated rings. The number of aryl methyl sites for hydroxylation is 1. The minimum atomic E-state index is -1.09. The first-order valence-electron chi connectivity index (χ1n) is 5.21. The van der Waals surface area contributed by atoms with Gasteiger partial charge in [0.25, 0.3) is 0 Å². The average Bonchev–Trinajstić information content (AvgIpc) is 2.84. The molecule has 0 radical (unpaired) electrons. The van der Waals surface area contributed by atoms with E-state index in [1.54, 1.807) is 6.33 Å². The van der Waals surface area contributed by atoms with Gasteiger partial charge in [0.1, 0.15) is 5.69 Å². The lowest BCUT2D eigenvalue weighted by Crippen LogP contribution is -2.19. The van der Waals surface area contributed by atoms with Crippen LogP contribution in [0.4, 0.5) is 0 Å². The first kappa shape index (κ1) is 10.1. The maximum Gasteiger partial charge on any atom is 0.371 e. The molecule has 88 valence electrons. The molecule has 1 unspecified atom stereocenters. The van der Waals surface area contributed by atoms with Crippen molar-refractivity contribution >= 4 is 5.97 Å². The molecule has 0 bridgehead atoms. The van der Waals surface area contributed by atoms with Crippen LogP contribution in [0.25, 0.3) is 11.5 Å². The van der Waals surface area contributed by atoms with Crippen molar-refractivity contribution in [3.63, 3.8) is 0 Å². The highest BCUT2D eigenvalue weighted by Crippen LogP contribution is 2.38. The number of aromatic carboxylic acids is 1. The first-order chi connectivity index (χ1) is 8.08. The smallest absolute Gasteiger partial charge is 0.371 e. The Labute approximate surface area is 96.7 Å². The first-order valence-corrected chi connectivity index (χ1v) is 5.21. The van der Waals surface area contributed by atoms with Crippen molar-refractivity contribution in [3.05, 3.63) is 29.4 Å². The molecule has 0 saturated heterocycles. The second-order valence-electron chi connectivity index (χ2n) is 4.16. The normalized spacial score (nSPS) is 17.6. The lowest BCUT2D eigenvalue weighted by Gasteiger charge is -2.17. The molecule has 2 aromatic heterocycles. The summed E-state index contributed by atoms with van der Waals surface area (Å²) >= 11 is 0. The number of hydrogen-bond donors (Lipinski definition) is 2. The van der Waals surface area contributed by atoms with Crippen molar-refractivity contribution in [2.45, 2.75) is 12.5 Å². The number of rotatable bonds is 1. The molecule has 0 aliphatic heterocycles. The van der Waals surface area contributed by atoms with Crippen LogP contribution < -0.4 is 5.73 Å². The van der Waals surface area contributed by atoms with E-state index in [2.05, 4.69) is 4.98 Å². The SMILES string of the molecule is Cn1cnc2c1CC(N)c1cc(C(=O)O)oc1-2. The summed E-state index contributed by atoms with van der Waals surface area (Å²) in [6.07, 6.45) is 2.31. The number of hydrogen-bond acceptors (Lipinski definition) is 4. The fourth-order valence-electron chi connectivity index (χ4n) is 2.18. The highest BCUT2D eigenvalue weighted by Gasteiger charge is 2.30. The average molecular weight is 233 g/mol. The van der Waals surface area contributed by atoms with Gasteiger partial charge >= 0.3 is 5.97 Å². The zero-order valence-electron chi connectivity index (χ0n) is 9.17. The molecule has 0 spiro atoms. The topological polar surface area (TPSA) is 94.3 Å². The number of nitrogens with zero attached hydrogens (tertiary/aromatic N) is 2. The molecule has 6 nitrogen and oxygen atoms in total. The van der Waals surface area contributed by atoms with Gasteiger partial charge in [-0.25, -0.2) is 9.78 Å². The van der Waals surface area contributed by atoms with E-state index in [1.807, 2.05) is 11.6 Å². The second-order valence-corrected chi connectivity index (χ2v) is 4.16. The molecule has 3 N–H and O–H groups in total. The molecule has 1 atom stereocenters. The maximum atomic E-state index is 10.9. The largest absolute Gasteiger partial charge is 0.475 e. The van der Waals surface area contributed by atoms with Gasteiger partial charge < -0.3 is 19.8 Å². The molecule has 0 amide bonds. The summed E-state index contributed by atoms with van der Waals surface area (Å²) in [6.45, 7) is 0. The van der Waals surface area contributed by atoms with E-state index in [0.717, 1.165) is 5.69 Å². The van der Waals surface area contributed by atoms with Crippen LogP contribution in [-0.4, -0.2) is 20.6 Å². The van der Waals surface area contributed by atoms with Crippen LogP contribution in [0.3, 0.4) is 0 Å². The molecule has 6 heteroatoms. The highest BCUT2D eigenvalue weighted by atomic mass is 16.4. The second kappa shape index (κ2) is 3.21. The fourth-order valence-corrected chi connectivity index (χ4v) is 2.18. The number of imidazole rings is 1. The Morgan fingerprint density at radius 3 is 3.18 bits per heavy atom. The molecule has 17 heavy (non-hydrogen) atoms. The number of furan rings is 1. The number of carboxylic acid groups (broad SMARTS) is 1. The standard InChI is InChI=1S/C11H11N3O3/c1-14-4-13-9-7(14)3-6(12)5-2-8(11(15)16)17-10(5)9/h2,4,6H,3,12H2,1H3,(H,15,16). The zero-order valence-corrected chi connectivity index (χ0v) is 9.17. The van der Waals surface area contributed by atoms with Crippen molar-refractivity contribution in [2.24, 2.45) is 12.8 Å². The van der Waals surface area contributed by atoms with Gasteiger partial charge in [-0.1, -0.05) is 0 Å². The summed E-state index contributed by atoms with van der Waals surface area (Å²) in [5, 5.41) is 8.91. The van der Waals surface area contributed by atoms with Crippen LogP contribution >= 0.6 is 0 Å². The van der Waals surface area contributed by atoms with Crippen LogP contribution in [0.5, 0.6) is 0 Å². The monoisotopic (exact) mass is 233 g/mol. The Balaban J connectivity index is 2.24. The number of aromatic nitrogens is 2. The number of carbonyl (C=O) groups is 1. The van der Waals surface area contributed by atoms with Crippen LogP contribution in [-0.2, 0) is 13.5 Å². The summed E-state index contributed by atoms with van der Waals surface area (Å²) in [5.41, 5.74) is 8.39. The summed E-state index contributed by atoms with van der Waals surface area (Å²) in [7, 11) is 1.88. The fraction of sp³-hybridized carbons (Fsp3) is 0.273. The third kappa shape index (κ3) is 1.31. The van der Waals surface area contributed by atoms with E-state index in [1.165, 1.54) is 6.07 Å². The van der Waals surface area contributed by atoms with Gasteiger partial charge in [-0.3, -0.25) is 0 Å². The van der Waals surface area contributed by atoms with E-state index in [-0.39, 0.29) is 11.8 Å². The quantitative estimate of drug-likeness (QED) is 0.764. The Hall–Kier alpha value is -2.08. The van der Waals surface area contributed by atoms with Gasteiger partial charge in [-0.15, -0.1) is 0 Å². The van der Waals surface area contributed by atoms with E-state index in [0.29, 0.717) is 23.4 Å². The lowest BCUT2D eigenvalue weighted by molar-refractivity contribution is 0.0663. The van der Waals surface area contributed by atoms with Gasteiger partial charge in [0.2, 0.25) is 5.76 Å². The van der Waals surface area contributed by atoms with E-state index in [4.69, 9.17) is 15.3 Å². The third-order valence-corrected chi connectivity index (χ3v) is 3.06. The Morgan fingerprint density at radius 2 is 2.47 bits per heavy atom. The van der Waals surface area contributed by atoms with Crippen molar-refractivity contribution in [2.75, 3.05) is 0 Å². The van der Waals surface area contributed by atoms with Crippen LogP contribution in [0.1, 0.15) is 27.9 Å². The predicted molar refractivity (Wildman–Crippen MR) is 58.5 cm³/mol. The zero-order chi connectivity index (χ0) is 12.2. The molecule has 3 rings (SSSR count). The van der Waals surface area contributed by atoms with Crippen molar-refractivity contribution < 1.29 is 14.3 Å². The van der Waals surface area contributed by atoms with Crippen LogP contribution in [0, 0.1) is 0 Å². The predicted octanol–water partition coefficient (Wildman–Crippen LogP) is 0.934. The van der Waals surface area contributed by atoms with Crippen molar-refractivity contribution in [1.82, 2.24) is 9.55 Å². The summed E-state index contributed by atoms with van der Waals surface area (Å²) in [4.78, 5) is 15.1. The Kier molecular flexibility index (Phi) is 1.90. The molecule has 0 saturated carbocycles. The molecular formula is C11H11N3O3. The molecule has 0 aromatic carbocycles. The van der Waals surface area contributed by atoms with E-state index < -0.39 is 5.97 Å². The van der Waals surface area contributed by atoms with Crippen molar-refractivity contribution in [3.8, 4) is 11.5 Å². The van der Waals surface area contributed by atoms with E-state index >= 15 is 0 Å². The van der Waals surface area contributed by atoms with Gasteiger partial charge in [-0.05, 0) is 6.07 Å². The lowest BCUT2D eigenvalue weighted by atomic mass is 9.94. The third-order valence-electron chi connectivity index (χ3n) is 3.06. The molecule has 2 heterocycles. The summed E-state index contributed by atoms with van der Waals surface area (Å²) < 4.78 is 7.20. The molecule has 1 aliphatic rings. The molecule has 1 aliphatic carbocycles. The van der Waals surface area contributed by atoms with Gasteiger partial charge in [0.15, 0.2) is 5.76 Å². The van der Waals surface area contributed by atoms with Crippen molar-refractivity contribution in [1.29, 1.82) is 0 Å².